The average Bonchev–Trinajstić information content (AvgIpc) is 3.01. The molecule has 152 valence electrons. The largest absolute Gasteiger partial charge is 0.165 e. The summed E-state index contributed by atoms with van der Waals surface area (Å²) >= 11 is 0. The summed E-state index contributed by atoms with van der Waals surface area (Å²) in [7, 11) is 0. The van der Waals surface area contributed by atoms with Crippen molar-refractivity contribution in [1.29, 1.82) is 0 Å². The van der Waals surface area contributed by atoms with Crippen molar-refractivity contribution in [2.24, 2.45) is 17.8 Å². The number of rotatable bonds is 2. The van der Waals surface area contributed by atoms with E-state index in [0.29, 0.717) is 5.41 Å². The minimum atomic E-state index is 0. The quantitative estimate of drug-likeness (QED) is 0.313. The smallest absolute Gasteiger partial charge is 0 e. The third kappa shape index (κ3) is 3.82. The van der Waals surface area contributed by atoms with Crippen LogP contribution in [0.25, 0.3) is 21.9 Å². The van der Waals surface area contributed by atoms with Crippen molar-refractivity contribution in [3.63, 3.8) is 0 Å². The van der Waals surface area contributed by atoms with Gasteiger partial charge in [-0.3, -0.25) is 0 Å². The molecule has 4 saturated carbocycles. The molecule has 0 spiro atoms. The Hall–Kier alpha value is -0.487. The molecule has 4 aliphatic rings. The number of hydrogen-bond donors (Lipinski definition) is 0. The van der Waals surface area contributed by atoms with Crippen molar-refractivity contribution in [3.8, 4) is 11.1 Å². The van der Waals surface area contributed by atoms with E-state index in [1.165, 1.54) is 66.0 Å². The van der Waals surface area contributed by atoms with E-state index in [2.05, 4.69) is 61.5 Å². The van der Waals surface area contributed by atoms with E-state index in [9.17, 15) is 0 Å². The fourth-order valence-corrected chi connectivity index (χ4v) is 7.10. The number of benzene rings is 2. The zero-order valence-electron chi connectivity index (χ0n) is 17.0. The van der Waals surface area contributed by atoms with E-state index in [-0.39, 0.29) is 51.0 Å². The van der Waals surface area contributed by atoms with Crippen LogP contribution in [0.5, 0.6) is 0 Å². The maximum Gasteiger partial charge on any atom is 0 e. The molecule has 29 heavy (non-hydrogen) atoms. The molecule has 7 rings (SSSR count). The van der Waals surface area contributed by atoms with Crippen LogP contribution in [0.2, 0.25) is 0 Å². The Morgan fingerprint density at radius 1 is 0.828 bits per heavy atom. The molecular formula is C26H29Cl2Zr-. The van der Waals surface area contributed by atoms with Crippen LogP contribution < -0.4 is 0 Å². The maximum absolute atomic E-state index is 2.47. The Morgan fingerprint density at radius 3 is 2.00 bits per heavy atom. The molecule has 0 unspecified atom stereocenters. The number of hydrogen-bond acceptors (Lipinski definition) is 0. The standard InChI is InChI=1S/C26H27.2ClH.Zr/c1-17-9-22-3-2-4-24(25(22)10-17)21-5-7-23(8-6-21)26-14-18-11-19(15-26)13-20(12-18)16-26;;;/h2-10,18-20H,11-16H2,1H3;2*1H;/q-1;;;. The predicted octanol–water partition coefficient (Wildman–Crippen LogP) is 7.84. The van der Waals surface area contributed by atoms with Gasteiger partial charge in [-0.25, -0.2) is 0 Å². The number of aryl methyl sites for hydroxylation is 1. The van der Waals surface area contributed by atoms with Crippen molar-refractivity contribution in [2.75, 3.05) is 0 Å². The molecule has 4 aliphatic carbocycles. The van der Waals surface area contributed by atoms with Gasteiger partial charge in [0.1, 0.15) is 0 Å². The molecule has 0 amide bonds. The van der Waals surface area contributed by atoms with Gasteiger partial charge < -0.3 is 0 Å². The fourth-order valence-electron chi connectivity index (χ4n) is 7.10. The summed E-state index contributed by atoms with van der Waals surface area (Å²) in [6.45, 7) is 2.19. The van der Waals surface area contributed by atoms with Gasteiger partial charge in [-0.2, -0.15) is 6.07 Å². The summed E-state index contributed by atoms with van der Waals surface area (Å²) in [4.78, 5) is 0. The van der Waals surface area contributed by atoms with Gasteiger partial charge in [-0.15, -0.1) is 59.3 Å². The zero-order valence-corrected chi connectivity index (χ0v) is 21.1. The van der Waals surface area contributed by atoms with Crippen molar-refractivity contribution in [3.05, 3.63) is 65.7 Å². The van der Waals surface area contributed by atoms with Gasteiger partial charge >= 0.3 is 0 Å². The summed E-state index contributed by atoms with van der Waals surface area (Å²) in [6, 6.07) is 21.1. The Bertz CT molecular complexity index is 950. The van der Waals surface area contributed by atoms with E-state index in [1.54, 1.807) is 5.56 Å². The minimum absolute atomic E-state index is 0. The van der Waals surface area contributed by atoms with Crippen molar-refractivity contribution in [1.82, 2.24) is 0 Å². The van der Waals surface area contributed by atoms with Crippen LogP contribution in [-0.4, -0.2) is 0 Å². The van der Waals surface area contributed by atoms with Crippen LogP contribution in [0.4, 0.5) is 0 Å². The Labute approximate surface area is 206 Å². The van der Waals surface area contributed by atoms with Crippen LogP contribution in [0.1, 0.15) is 49.7 Å². The first kappa shape index (κ1) is 23.2. The first-order valence-corrected chi connectivity index (χ1v) is 10.5. The number of halogens is 2. The predicted molar refractivity (Wildman–Crippen MR) is 124 cm³/mol. The van der Waals surface area contributed by atoms with E-state index in [4.69, 9.17) is 0 Å². The molecule has 4 fully saturated rings. The van der Waals surface area contributed by atoms with E-state index in [1.807, 2.05) is 0 Å². The van der Waals surface area contributed by atoms with Gasteiger partial charge in [0.2, 0.25) is 0 Å². The summed E-state index contributed by atoms with van der Waals surface area (Å²) < 4.78 is 0. The van der Waals surface area contributed by atoms with Gasteiger partial charge in [-0.1, -0.05) is 42.8 Å². The second-order valence-electron chi connectivity index (χ2n) is 9.62. The van der Waals surface area contributed by atoms with Gasteiger partial charge in [0.25, 0.3) is 0 Å². The first-order chi connectivity index (χ1) is 12.7. The topological polar surface area (TPSA) is 0 Å². The average molecular weight is 504 g/mol. The molecule has 0 heterocycles. The van der Waals surface area contributed by atoms with Gasteiger partial charge in [-0.05, 0) is 72.8 Å². The van der Waals surface area contributed by atoms with E-state index >= 15 is 0 Å². The maximum atomic E-state index is 2.47. The van der Waals surface area contributed by atoms with Crippen molar-refractivity contribution >= 4 is 35.6 Å². The Kier molecular flexibility index (Phi) is 6.85. The van der Waals surface area contributed by atoms with Crippen LogP contribution in [-0.2, 0) is 31.6 Å². The van der Waals surface area contributed by atoms with E-state index < -0.39 is 0 Å². The molecule has 3 aromatic carbocycles. The monoisotopic (exact) mass is 501 g/mol. The van der Waals surface area contributed by atoms with Gasteiger partial charge in [0.15, 0.2) is 0 Å². The molecular weight excluding hydrogens is 474 g/mol. The third-order valence-electron chi connectivity index (χ3n) is 7.74. The Balaban J connectivity index is 0.000000801. The molecule has 3 heteroatoms. The second-order valence-corrected chi connectivity index (χ2v) is 9.62. The summed E-state index contributed by atoms with van der Waals surface area (Å²) in [5.74, 6) is 3.05. The SMILES string of the molecule is Cc1cc2c(-c3ccc(C45CC6CC(CC(C6)C4)C5)cc3)cccc2[cH-]1.Cl.Cl.[Zr]. The summed E-state index contributed by atoms with van der Waals surface area (Å²) in [5.41, 5.74) is 6.25. The molecule has 0 aromatic heterocycles. The molecule has 0 aliphatic heterocycles. The van der Waals surface area contributed by atoms with Crippen LogP contribution in [0, 0.1) is 24.7 Å². The zero-order chi connectivity index (χ0) is 17.3. The van der Waals surface area contributed by atoms with Crippen LogP contribution in [0.15, 0.2) is 54.6 Å². The number of fused-ring (bicyclic) bond motifs is 1. The normalized spacial score (nSPS) is 29.1. The fraction of sp³-hybridized carbons (Fsp3) is 0.423. The van der Waals surface area contributed by atoms with E-state index in [0.717, 1.165) is 17.8 Å². The van der Waals surface area contributed by atoms with Crippen LogP contribution >= 0.6 is 24.8 Å². The summed E-state index contributed by atoms with van der Waals surface area (Å²) in [6.07, 6.45) is 8.93. The molecule has 0 N–H and O–H groups in total. The Morgan fingerprint density at radius 2 is 1.41 bits per heavy atom. The molecule has 4 bridgehead atoms. The van der Waals surface area contributed by atoms with Crippen LogP contribution in [0.3, 0.4) is 0 Å². The summed E-state index contributed by atoms with van der Waals surface area (Å²) in [5, 5.41) is 2.76. The third-order valence-corrected chi connectivity index (χ3v) is 7.74. The van der Waals surface area contributed by atoms with Crippen molar-refractivity contribution in [2.45, 2.75) is 50.9 Å². The minimum Gasteiger partial charge on any atom is -0.165 e. The molecule has 0 atom stereocenters. The van der Waals surface area contributed by atoms with Gasteiger partial charge in [0.05, 0.1) is 0 Å². The van der Waals surface area contributed by atoms with Crippen molar-refractivity contribution < 1.29 is 26.2 Å². The second kappa shape index (κ2) is 8.57. The van der Waals surface area contributed by atoms with Gasteiger partial charge in [0, 0.05) is 26.2 Å². The molecule has 0 saturated heterocycles. The molecule has 0 radical (unpaired) electrons. The molecule has 3 aromatic rings. The molecule has 0 nitrogen and oxygen atoms in total. The first-order valence-electron chi connectivity index (χ1n) is 10.5.